The summed E-state index contributed by atoms with van der Waals surface area (Å²) in [6.45, 7) is 0.705. The third-order valence-corrected chi connectivity index (χ3v) is 1.74. The van der Waals surface area contributed by atoms with E-state index in [4.69, 9.17) is 10.2 Å². The maximum atomic E-state index is 10.5. The summed E-state index contributed by atoms with van der Waals surface area (Å²) in [7, 11) is 0. The minimum atomic E-state index is -1.65. The maximum Gasteiger partial charge on any atom is 0.342 e. The summed E-state index contributed by atoms with van der Waals surface area (Å²) in [5, 5.41) is 26.6. The molecule has 1 fully saturated rings. The van der Waals surface area contributed by atoms with Crippen molar-refractivity contribution < 1.29 is 24.9 Å². The molecule has 0 unspecified atom stereocenters. The first kappa shape index (κ1) is 8.45. The van der Waals surface area contributed by atoms with Crippen molar-refractivity contribution in [3.63, 3.8) is 0 Å². The van der Waals surface area contributed by atoms with Crippen molar-refractivity contribution >= 4 is 5.97 Å². The van der Waals surface area contributed by atoms with Crippen molar-refractivity contribution in [3.8, 4) is 0 Å². The Hall–Kier alpha value is -0.650. The summed E-state index contributed by atoms with van der Waals surface area (Å²) in [5.41, 5.74) is -1.65. The lowest BCUT2D eigenvalue weighted by Gasteiger charge is -2.41. The highest BCUT2D eigenvalue weighted by Crippen LogP contribution is 2.28. The Morgan fingerprint density at radius 3 is 2.64 bits per heavy atom. The van der Waals surface area contributed by atoms with Gasteiger partial charge in [-0.05, 0) is 6.92 Å². The third-order valence-electron chi connectivity index (χ3n) is 1.74. The summed E-state index contributed by atoms with van der Waals surface area (Å²) in [4.78, 5) is 10.5. The van der Waals surface area contributed by atoms with Gasteiger partial charge >= 0.3 is 5.97 Å². The van der Waals surface area contributed by atoms with Gasteiger partial charge in [-0.2, -0.15) is 0 Å². The van der Waals surface area contributed by atoms with Crippen LogP contribution in [0.2, 0.25) is 0 Å². The second-order valence-electron chi connectivity index (χ2n) is 2.72. The van der Waals surface area contributed by atoms with Gasteiger partial charge in [-0.15, -0.1) is 0 Å². The van der Waals surface area contributed by atoms with Gasteiger partial charge in [-0.1, -0.05) is 0 Å². The maximum absolute atomic E-state index is 10.5. The van der Waals surface area contributed by atoms with Gasteiger partial charge < -0.3 is 20.1 Å². The highest BCUT2D eigenvalue weighted by molar-refractivity contribution is 5.85. The SMILES string of the molecule is C[C@]1(O)C(=O)O[C@@H]1[C@H](O)CO. The van der Waals surface area contributed by atoms with Crippen molar-refractivity contribution in [3.05, 3.63) is 0 Å². The smallest absolute Gasteiger partial charge is 0.342 e. The van der Waals surface area contributed by atoms with Crippen LogP contribution in [0.4, 0.5) is 0 Å². The molecular formula is C6H10O5. The zero-order valence-electron chi connectivity index (χ0n) is 6.02. The molecule has 1 heterocycles. The summed E-state index contributed by atoms with van der Waals surface area (Å²) in [5.74, 6) is -0.769. The van der Waals surface area contributed by atoms with Gasteiger partial charge in [0, 0.05) is 0 Å². The zero-order chi connectivity index (χ0) is 8.65. The Bertz CT molecular complexity index is 176. The highest BCUT2D eigenvalue weighted by atomic mass is 16.6. The lowest BCUT2D eigenvalue weighted by Crippen LogP contribution is -2.65. The average molecular weight is 162 g/mol. The predicted octanol–water partition coefficient (Wildman–Crippen LogP) is -1.98. The molecule has 1 rings (SSSR count). The molecule has 0 saturated carbocycles. The molecule has 0 aliphatic carbocycles. The van der Waals surface area contributed by atoms with Crippen LogP contribution in [0.25, 0.3) is 0 Å². The number of rotatable bonds is 2. The fourth-order valence-electron chi connectivity index (χ4n) is 0.956. The van der Waals surface area contributed by atoms with Crippen molar-refractivity contribution in [2.75, 3.05) is 6.61 Å². The van der Waals surface area contributed by atoms with Crippen LogP contribution in [0.15, 0.2) is 0 Å². The van der Waals surface area contributed by atoms with Gasteiger partial charge in [0.1, 0.15) is 6.10 Å². The Labute approximate surface area is 63.2 Å². The number of hydrogen-bond donors (Lipinski definition) is 3. The predicted molar refractivity (Wildman–Crippen MR) is 33.6 cm³/mol. The quantitative estimate of drug-likeness (QED) is 0.409. The van der Waals surface area contributed by atoms with E-state index in [2.05, 4.69) is 4.74 Å². The van der Waals surface area contributed by atoms with E-state index < -0.39 is 30.4 Å². The summed E-state index contributed by atoms with van der Waals surface area (Å²) < 4.78 is 4.41. The molecule has 1 aliphatic rings. The van der Waals surface area contributed by atoms with E-state index in [-0.39, 0.29) is 0 Å². The van der Waals surface area contributed by atoms with Gasteiger partial charge in [0.15, 0.2) is 11.7 Å². The number of hydrogen-bond acceptors (Lipinski definition) is 5. The van der Waals surface area contributed by atoms with Crippen molar-refractivity contribution in [1.29, 1.82) is 0 Å². The first-order valence-corrected chi connectivity index (χ1v) is 3.22. The average Bonchev–Trinajstić information content (AvgIpc) is 1.98. The van der Waals surface area contributed by atoms with Crippen molar-refractivity contribution in [2.24, 2.45) is 0 Å². The molecule has 0 aromatic heterocycles. The second-order valence-corrected chi connectivity index (χ2v) is 2.72. The van der Waals surface area contributed by atoms with Gasteiger partial charge in [0.05, 0.1) is 6.61 Å². The van der Waals surface area contributed by atoms with Gasteiger partial charge in [-0.25, -0.2) is 4.79 Å². The molecule has 0 bridgehead atoms. The molecule has 0 radical (unpaired) electrons. The van der Waals surface area contributed by atoms with Crippen LogP contribution in [0.3, 0.4) is 0 Å². The summed E-state index contributed by atoms with van der Waals surface area (Å²) >= 11 is 0. The summed E-state index contributed by atoms with van der Waals surface area (Å²) in [6.07, 6.45) is -2.21. The molecule has 5 heteroatoms. The van der Waals surface area contributed by atoms with E-state index in [0.717, 1.165) is 0 Å². The van der Waals surface area contributed by atoms with E-state index in [1.807, 2.05) is 0 Å². The number of aliphatic hydroxyl groups is 3. The fraction of sp³-hybridized carbons (Fsp3) is 0.833. The lowest BCUT2D eigenvalue weighted by atomic mass is 9.89. The van der Waals surface area contributed by atoms with Crippen LogP contribution < -0.4 is 0 Å². The van der Waals surface area contributed by atoms with E-state index in [1.165, 1.54) is 6.92 Å². The van der Waals surface area contributed by atoms with Gasteiger partial charge in [0.25, 0.3) is 0 Å². The number of carbonyl (C=O) groups is 1. The van der Waals surface area contributed by atoms with E-state index in [1.54, 1.807) is 0 Å². The minimum absolute atomic E-state index is 0.534. The molecule has 3 atom stereocenters. The molecule has 0 aromatic rings. The van der Waals surface area contributed by atoms with Crippen LogP contribution in [0.5, 0.6) is 0 Å². The number of aliphatic hydroxyl groups excluding tert-OH is 2. The zero-order valence-corrected chi connectivity index (χ0v) is 6.02. The fourth-order valence-corrected chi connectivity index (χ4v) is 0.956. The van der Waals surface area contributed by atoms with Gasteiger partial charge in [-0.3, -0.25) is 0 Å². The molecule has 5 nitrogen and oxygen atoms in total. The normalized spacial score (nSPS) is 39.3. The molecule has 3 N–H and O–H groups in total. The largest absolute Gasteiger partial charge is 0.454 e. The van der Waals surface area contributed by atoms with Crippen molar-refractivity contribution in [1.82, 2.24) is 0 Å². The van der Waals surface area contributed by atoms with Crippen LogP contribution in [0, 0.1) is 0 Å². The van der Waals surface area contributed by atoms with Crippen molar-refractivity contribution in [2.45, 2.75) is 24.7 Å². The van der Waals surface area contributed by atoms with E-state index >= 15 is 0 Å². The first-order chi connectivity index (χ1) is 5.00. The number of cyclic esters (lactones) is 1. The Kier molecular flexibility index (Phi) is 1.87. The molecule has 11 heavy (non-hydrogen) atoms. The van der Waals surface area contributed by atoms with Crippen LogP contribution >= 0.6 is 0 Å². The number of esters is 1. The number of carbonyl (C=O) groups excluding carboxylic acids is 1. The second kappa shape index (κ2) is 2.44. The Morgan fingerprint density at radius 1 is 1.82 bits per heavy atom. The third kappa shape index (κ3) is 1.11. The van der Waals surface area contributed by atoms with E-state index in [0.29, 0.717) is 0 Å². The Morgan fingerprint density at radius 2 is 2.36 bits per heavy atom. The van der Waals surface area contributed by atoms with Crippen LogP contribution in [-0.4, -0.2) is 45.7 Å². The molecule has 1 aliphatic heterocycles. The minimum Gasteiger partial charge on any atom is -0.454 e. The summed E-state index contributed by atoms with van der Waals surface area (Å²) in [6, 6.07) is 0. The lowest BCUT2D eigenvalue weighted by molar-refractivity contribution is -0.243. The van der Waals surface area contributed by atoms with Crippen LogP contribution in [0.1, 0.15) is 6.92 Å². The standard InChI is InChI=1S/C6H10O5/c1-6(10)4(3(8)2-7)11-5(6)9/h3-4,7-8,10H,2H2,1H3/t3-,4-,6-/m1/s1. The number of ether oxygens (including phenoxy) is 1. The Balaban J connectivity index is 2.59. The highest BCUT2D eigenvalue weighted by Gasteiger charge is 2.56. The molecule has 0 aromatic carbocycles. The molecule has 0 spiro atoms. The molecule has 0 amide bonds. The van der Waals surface area contributed by atoms with Crippen LogP contribution in [-0.2, 0) is 9.53 Å². The molecular weight excluding hydrogens is 152 g/mol. The van der Waals surface area contributed by atoms with Gasteiger partial charge in [0.2, 0.25) is 0 Å². The molecule has 64 valence electrons. The topological polar surface area (TPSA) is 87.0 Å². The molecule has 1 saturated heterocycles. The first-order valence-electron chi connectivity index (χ1n) is 3.22. The monoisotopic (exact) mass is 162 g/mol. The van der Waals surface area contributed by atoms with E-state index in [9.17, 15) is 9.90 Å².